The van der Waals surface area contributed by atoms with Crippen molar-refractivity contribution >= 4 is 16.6 Å². The van der Waals surface area contributed by atoms with Gasteiger partial charge in [0.05, 0.1) is 0 Å². The van der Waals surface area contributed by atoms with E-state index in [0.717, 1.165) is 10.6 Å². The van der Waals surface area contributed by atoms with Gasteiger partial charge in [0.15, 0.2) is 0 Å². The first kappa shape index (κ1) is 8.09. The summed E-state index contributed by atoms with van der Waals surface area (Å²) in [6, 6.07) is 9.79. The highest BCUT2D eigenvalue weighted by molar-refractivity contribution is 6.48. The molecule has 0 spiro atoms. The van der Waals surface area contributed by atoms with Gasteiger partial charge in [-0.2, -0.15) is 0 Å². The minimum absolute atomic E-state index is 0.723. The molecule has 0 unspecified atom stereocenters. The number of benzene rings is 1. The number of hydrogen-bond donors (Lipinski definition) is 0. The lowest BCUT2D eigenvalue weighted by Crippen LogP contribution is -1.72. The minimum Gasteiger partial charge on any atom is -0.0990 e. The molecule has 1 aromatic carbocycles. The first-order valence-corrected chi connectivity index (χ1v) is 3.76. The van der Waals surface area contributed by atoms with Crippen LogP contribution in [-0.2, 0) is 0 Å². The molecule has 1 aromatic rings. The third-order valence-electron chi connectivity index (χ3n) is 1.31. The summed E-state index contributed by atoms with van der Waals surface area (Å²) in [5.41, 5.74) is 1.02. The van der Waals surface area contributed by atoms with Gasteiger partial charge in [-0.15, -0.1) is 0 Å². The van der Waals surface area contributed by atoms with Crippen molar-refractivity contribution in [2.24, 2.45) is 0 Å². The Morgan fingerprint density at radius 1 is 1.27 bits per heavy atom. The van der Waals surface area contributed by atoms with E-state index in [-0.39, 0.29) is 0 Å². The average Bonchev–Trinajstić information content (AvgIpc) is 2.07. The van der Waals surface area contributed by atoms with Crippen LogP contribution in [0.1, 0.15) is 5.56 Å². The Kier molecular flexibility index (Phi) is 2.94. The van der Waals surface area contributed by atoms with E-state index in [1.165, 1.54) is 0 Å². The Labute approximate surface area is 71.8 Å². The van der Waals surface area contributed by atoms with Crippen molar-refractivity contribution in [3.05, 3.63) is 54.6 Å². The molecule has 0 nitrogen and oxygen atoms in total. The van der Waals surface area contributed by atoms with Crippen molar-refractivity contribution in [3.8, 4) is 0 Å². The molecule has 0 aliphatic carbocycles. The molecule has 0 amide bonds. The summed E-state index contributed by atoms with van der Waals surface area (Å²) < 4.78 is 0. The van der Waals surface area contributed by atoms with Crippen molar-refractivity contribution < 1.29 is 0 Å². The Morgan fingerprint density at radius 2 is 1.91 bits per heavy atom. The predicted molar refractivity (Wildman–Crippen MR) is 50.5 cm³/mol. The highest BCUT2D eigenvalue weighted by Crippen LogP contribution is 2.17. The van der Waals surface area contributed by atoms with Crippen molar-refractivity contribution in [2.45, 2.75) is 0 Å². The zero-order chi connectivity index (χ0) is 8.10. The highest BCUT2D eigenvalue weighted by atomic mass is 35.5. The molecule has 0 aliphatic rings. The Balaban J connectivity index is 2.94. The van der Waals surface area contributed by atoms with Crippen LogP contribution in [-0.4, -0.2) is 0 Å². The second-order valence-corrected chi connectivity index (χ2v) is 2.52. The van der Waals surface area contributed by atoms with Crippen LogP contribution >= 0.6 is 11.6 Å². The number of rotatable bonds is 2. The van der Waals surface area contributed by atoms with E-state index in [1.807, 2.05) is 30.3 Å². The van der Waals surface area contributed by atoms with Gasteiger partial charge in [0.25, 0.3) is 0 Å². The zero-order valence-electron chi connectivity index (χ0n) is 6.13. The second kappa shape index (κ2) is 3.99. The van der Waals surface area contributed by atoms with Crippen molar-refractivity contribution in [3.63, 3.8) is 0 Å². The molecule has 0 heterocycles. The van der Waals surface area contributed by atoms with Crippen molar-refractivity contribution in [1.29, 1.82) is 0 Å². The molecule has 0 bridgehead atoms. The van der Waals surface area contributed by atoms with Crippen LogP contribution in [0, 0.1) is 0 Å². The fraction of sp³-hybridized carbons (Fsp3) is 0. The fourth-order valence-electron chi connectivity index (χ4n) is 0.797. The first-order chi connectivity index (χ1) is 5.34. The monoisotopic (exact) mass is 164 g/mol. The van der Waals surface area contributed by atoms with Gasteiger partial charge in [-0.25, -0.2) is 0 Å². The summed E-state index contributed by atoms with van der Waals surface area (Å²) in [5.74, 6) is 0. The molecule has 0 atom stereocenters. The van der Waals surface area contributed by atoms with E-state index in [4.69, 9.17) is 11.6 Å². The Morgan fingerprint density at radius 3 is 2.45 bits per heavy atom. The Hall–Kier alpha value is -1.01. The van der Waals surface area contributed by atoms with Crippen LogP contribution in [0.4, 0.5) is 0 Å². The topological polar surface area (TPSA) is 0 Å². The fourth-order valence-corrected chi connectivity index (χ4v) is 1.01. The first-order valence-electron chi connectivity index (χ1n) is 3.38. The van der Waals surface area contributed by atoms with E-state index < -0.39 is 0 Å². The van der Waals surface area contributed by atoms with E-state index in [1.54, 1.807) is 12.2 Å². The summed E-state index contributed by atoms with van der Waals surface area (Å²) in [4.78, 5) is 0. The molecule has 0 aliphatic heterocycles. The van der Waals surface area contributed by atoms with Gasteiger partial charge in [-0.3, -0.25) is 0 Å². The van der Waals surface area contributed by atoms with Crippen LogP contribution in [0.15, 0.2) is 49.1 Å². The van der Waals surface area contributed by atoms with Gasteiger partial charge in [0, 0.05) is 5.03 Å². The van der Waals surface area contributed by atoms with E-state index in [9.17, 15) is 0 Å². The van der Waals surface area contributed by atoms with E-state index >= 15 is 0 Å². The normalized spacial score (nSPS) is 11.2. The van der Waals surface area contributed by atoms with E-state index in [0.29, 0.717) is 0 Å². The van der Waals surface area contributed by atoms with Crippen LogP contribution < -0.4 is 0 Å². The molecule has 0 aromatic heterocycles. The molecular formula is C10H9Cl. The zero-order valence-corrected chi connectivity index (χ0v) is 6.88. The van der Waals surface area contributed by atoms with Crippen LogP contribution in [0.3, 0.4) is 0 Å². The Bertz CT molecular complexity index is 259. The maximum Gasteiger partial charge on any atom is 0.0478 e. The van der Waals surface area contributed by atoms with Crippen molar-refractivity contribution in [2.75, 3.05) is 0 Å². The van der Waals surface area contributed by atoms with Gasteiger partial charge in [0.1, 0.15) is 0 Å². The lowest BCUT2D eigenvalue weighted by atomic mass is 10.2. The van der Waals surface area contributed by atoms with Gasteiger partial charge < -0.3 is 0 Å². The summed E-state index contributed by atoms with van der Waals surface area (Å²) in [6.07, 6.45) is 3.45. The molecular weight excluding hydrogens is 156 g/mol. The highest BCUT2D eigenvalue weighted by Gasteiger charge is 1.92. The van der Waals surface area contributed by atoms with Crippen LogP contribution in [0.25, 0.3) is 5.03 Å². The SMILES string of the molecule is C=CC=C(Cl)c1ccccc1. The maximum atomic E-state index is 5.90. The number of allylic oxidation sites excluding steroid dienone is 2. The van der Waals surface area contributed by atoms with Gasteiger partial charge in [0.2, 0.25) is 0 Å². The third-order valence-corrected chi connectivity index (χ3v) is 1.66. The second-order valence-electron chi connectivity index (χ2n) is 2.12. The number of hydrogen-bond acceptors (Lipinski definition) is 0. The van der Waals surface area contributed by atoms with Crippen molar-refractivity contribution in [1.82, 2.24) is 0 Å². The summed E-state index contributed by atoms with van der Waals surface area (Å²) in [6.45, 7) is 3.57. The summed E-state index contributed by atoms with van der Waals surface area (Å²) in [5, 5.41) is 0.723. The minimum atomic E-state index is 0.723. The smallest absolute Gasteiger partial charge is 0.0478 e. The standard InChI is InChI=1S/C10H9Cl/c1-2-6-10(11)9-7-4-3-5-8-9/h2-8H,1H2. The molecule has 0 saturated carbocycles. The molecule has 56 valence electrons. The van der Waals surface area contributed by atoms with Gasteiger partial charge in [-0.05, 0) is 11.6 Å². The quantitative estimate of drug-likeness (QED) is 0.588. The summed E-state index contributed by atoms with van der Waals surface area (Å²) >= 11 is 5.90. The van der Waals surface area contributed by atoms with E-state index in [2.05, 4.69) is 6.58 Å². The molecule has 1 heteroatoms. The molecule has 0 fully saturated rings. The average molecular weight is 165 g/mol. The summed E-state index contributed by atoms with van der Waals surface area (Å²) in [7, 11) is 0. The number of halogens is 1. The molecule has 0 radical (unpaired) electrons. The lowest BCUT2D eigenvalue weighted by Gasteiger charge is -1.95. The van der Waals surface area contributed by atoms with Gasteiger partial charge in [-0.1, -0.05) is 54.6 Å². The lowest BCUT2D eigenvalue weighted by molar-refractivity contribution is 1.65. The van der Waals surface area contributed by atoms with Crippen LogP contribution in [0.5, 0.6) is 0 Å². The largest absolute Gasteiger partial charge is 0.0990 e. The molecule has 0 saturated heterocycles. The van der Waals surface area contributed by atoms with Gasteiger partial charge >= 0.3 is 0 Å². The predicted octanol–water partition coefficient (Wildman–Crippen LogP) is 3.45. The molecule has 11 heavy (non-hydrogen) atoms. The maximum absolute atomic E-state index is 5.90. The molecule has 1 rings (SSSR count). The molecule has 0 N–H and O–H groups in total. The van der Waals surface area contributed by atoms with Crippen LogP contribution in [0.2, 0.25) is 0 Å². The third kappa shape index (κ3) is 2.24.